The first-order valence-corrected chi connectivity index (χ1v) is 6.61. The van der Waals surface area contributed by atoms with Gasteiger partial charge in [-0.1, -0.05) is 20.8 Å². The maximum Gasteiger partial charge on any atom is 0.310 e. The molecule has 0 saturated carbocycles. The summed E-state index contributed by atoms with van der Waals surface area (Å²) in [5, 5.41) is 9.30. The first-order chi connectivity index (χ1) is 9.06. The summed E-state index contributed by atoms with van der Waals surface area (Å²) in [7, 11) is 2.85. The lowest BCUT2D eigenvalue weighted by Gasteiger charge is -2.30. The van der Waals surface area contributed by atoms with Crippen molar-refractivity contribution in [1.82, 2.24) is 4.90 Å². The van der Waals surface area contributed by atoms with Crippen molar-refractivity contribution in [3.8, 4) is 0 Å². The molecule has 0 aromatic rings. The fourth-order valence-corrected chi connectivity index (χ4v) is 1.76. The van der Waals surface area contributed by atoms with Gasteiger partial charge >= 0.3 is 11.9 Å². The van der Waals surface area contributed by atoms with Crippen LogP contribution in [0.2, 0.25) is 0 Å². The zero-order chi connectivity index (χ0) is 16.1. The predicted octanol–water partition coefficient (Wildman–Crippen LogP) is 1.39. The van der Waals surface area contributed by atoms with Crippen molar-refractivity contribution >= 4 is 17.8 Å². The molecule has 0 spiro atoms. The van der Waals surface area contributed by atoms with Gasteiger partial charge in [0, 0.05) is 20.0 Å². The van der Waals surface area contributed by atoms with Gasteiger partial charge < -0.3 is 14.7 Å². The van der Waals surface area contributed by atoms with E-state index in [0.29, 0.717) is 0 Å². The molecule has 0 fully saturated rings. The minimum atomic E-state index is -1.11. The fraction of sp³-hybridized carbons (Fsp3) is 0.786. The van der Waals surface area contributed by atoms with Gasteiger partial charge in [-0.2, -0.15) is 0 Å². The summed E-state index contributed by atoms with van der Waals surface area (Å²) in [5.41, 5.74) is -1.11. The van der Waals surface area contributed by atoms with Gasteiger partial charge in [0.2, 0.25) is 5.91 Å². The number of methoxy groups -OCH3 is 1. The third-order valence-electron chi connectivity index (χ3n) is 3.86. The van der Waals surface area contributed by atoms with Crippen molar-refractivity contribution in [1.29, 1.82) is 0 Å². The summed E-state index contributed by atoms with van der Waals surface area (Å²) in [4.78, 5) is 36.2. The van der Waals surface area contributed by atoms with Crippen molar-refractivity contribution in [3.05, 3.63) is 0 Å². The monoisotopic (exact) mass is 287 g/mol. The average Bonchev–Trinajstić information content (AvgIpc) is 2.36. The Hall–Kier alpha value is -1.59. The van der Waals surface area contributed by atoms with Crippen LogP contribution in [0.3, 0.4) is 0 Å². The average molecular weight is 287 g/mol. The summed E-state index contributed by atoms with van der Waals surface area (Å²) >= 11 is 0. The Bertz CT molecular complexity index is 380. The number of carbonyl (C=O) groups excluding carboxylic acids is 2. The molecule has 0 aliphatic rings. The van der Waals surface area contributed by atoms with Crippen molar-refractivity contribution in [3.63, 3.8) is 0 Å². The number of carbonyl (C=O) groups is 3. The lowest BCUT2D eigenvalue weighted by Crippen LogP contribution is -2.41. The maximum atomic E-state index is 12.1. The van der Waals surface area contributed by atoms with Gasteiger partial charge in [-0.15, -0.1) is 0 Å². The highest BCUT2D eigenvalue weighted by molar-refractivity contribution is 5.85. The number of amides is 1. The van der Waals surface area contributed by atoms with Crippen LogP contribution in [0.5, 0.6) is 0 Å². The van der Waals surface area contributed by atoms with E-state index in [-0.39, 0.29) is 24.8 Å². The highest BCUT2D eigenvalue weighted by Gasteiger charge is 2.39. The molecule has 0 aliphatic heterocycles. The molecule has 2 atom stereocenters. The van der Waals surface area contributed by atoms with Gasteiger partial charge in [-0.25, -0.2) is 0 Å². The van der Waals surface area contributed by atoms with E-state index < -0.39 is 23.3 Å². The van der Waals surface area contributed by atoms with E-state index >= 15 is 0 Å². The Morgan fingerprint density at radius 1 is 1.25 bits per heavy atom. The molecule has 0 rings (SSSR count). The lowest BCUT2D eigenvalue weighted by atomic mass is 9.76. The van der Waals surface area contributed by atoms with Crippen molar-refractivity contribution in [2.75, 3.05) is 20.7 Å². The van der Waals surface area contributed by atoms with Gasteiger partial charge in [-0.3, -0.25) is 14.4 Å². The Morgan fingerprint density at radius 2 is 1.75 bits per heavy atom. The van der Waals surface area contributed by atoms with Gasteiger partial charge in [0.1, 0.15) is 0 Å². The molecule has 6 heteroatoms. The second kappa shape index (κ2) is 7.26. The number of nitrogens with zero attached hydrogens (tertiary/aromatic N) is 1. The SMILES string of the molecule is COC(=O)C(C)CN(C)C(=O)CC(C)(C(=O)O)C(C)C. The van der Waals surface area contributed by atoms with Crippen LogP contribution in [0.25, 0.3) is 0 Å². The first-order valence-electron chi connectivity index (χ1n) is 6.61. The van der Waals surface area contributed by atoms with Crippen LogP contribution in [0, 0.1) is 17.3 Å². The highest BCUT2D eigenvalue weighted by Crippen LogP contribution is 2.32. The Morgan fingerprint density at radius 3 is 2.10 bits per heavy atom. The molecule has 0 saturated heterocycles. The van der Waals surface area contributed by atoms with E-state index in [4.69, 9.17) is 0 Å². The third kappa shape index (κ3) is 4.51. The van der Waals surface area contributed by atoms with E-state index in [1.54, 1.807) is 34.7 Å². The zero-order valence-corrected chi connectivity index (χ0v) is 13.1. The van der Waals surface area contributed by atoms with Crippen LogP contribution in [0.15, 0.2) is 0 Å². The number of aliphatic carboxylic acids is 1. The number of rotatable bonds is 7. The molecule has 0 bridgehead atoms. The van der Waals surface area contributed by atoms with E-state index in [0.717, 1.165) is 0 Å². The minimum Gasteiger partial charge on any atom is -0.481 e. The van der Waals surface area contributed by atoms with E-state index in [1.807, 2.05) is 0 Å². The molecule has 0 heterocycles. The topological polar surface area (TPSA) is 83.9 Å². The molecule has 20 heavy (non-hydrogen) atoms. The molecule has 1 N–H and O–H groups in total. The summed E-state index contributed by atoms with van der Waals surface area (Å²) < 4.78 is 4.60. The second-order valence-electron chi connectivity index (χ2n) is 5.75. The Kier molecular flexibility index (Phi) is 6.68. The fourth-order valence-electron chi connectivity index (χ4n) is 1.76. The molecular weight excluding hydrogens is 262 g/mol. The normalized spacial score (nSPS) is 15.3. The molecular formula is C14H25NO5. The molecule has 6 nitrogen and oxygen atoms in total. The van der Waals surface area contributed by atoms with Crippen LogP contribution in [0.4, 0.5) is 0 Å². The summed E-state index contributed by atoms with van der Waals surface area (Å²) in [6.07, 6.45) is -0.0929. The van der Waals surface area contributed by atoms with Crippen molar-refractivity contribution in [2.24, 2.45) is 17.3 Å². The van der Waals surface area contributed by atoms with Crippen LogP contribution in [-0.2, 0) is 19.1 Å². The maximum absolute atomic E-state index is 12.1. The van der Waals surface area contributed by atoms with Crippen molar-refractivity contribution in [2.45, 2.75) is 34.1 Å². The summed E-state index contributed by atoms with van der Waals surface area (Å²) in [5.74, 6) is -2.29. The van der Waals surface area contributed by atoms with Crippen LogP contribution in [-0.4, -0.2) is 48.6 Å². The molecule has 116 valence electrons. The van der Waals surface area contributed by atoms with Gasteiger partial charge in [-0.05, 0) is 12.8 Å². The number of hydrogen-bond donors (Lipinski definition) is 1. The lowest BCUT2D eigenvalue weighted by molar-refractivity contribution is -0.156. The largest absolute Gasteiger partial charge is 0.481 e. The molecule has 0 aromatic heterocycles. The standard InChI is InChI=1S/C14H25NO5/c1-9(2)14(4,13(18)19)7-11(16)15(5)8-10(3)12(17)20-6/h9-10H,7-8H2,1-6H3,(H,18,19). The molecule has 0 aromatic carbocycles. The predicted molar refractivity (Wildman–Crippen MR) is 74.0 cm³/mol. The van der Waals surface area contributed by atoms with E-state index in [2.05, 4.69) is 4.74 Å². The van der Waals surface area contributed by atoms with E-state index in [9.17, 15) is 19.5 Å². The second-order valence-corrected chi connectivity index (χ2v) is 5.75. The molecule has 2 unspecified atom stereocenters. The quantitative estimate of drug-likeness (QED) is 0.715. The van der Waals surface area contributed by atoms with Crippen LogP contribution < -0.4 is 0 Å². The van der Waals surface area contributed by atoms with Crippen molar-refractivity contribution < 1.29 is 24.2 Å². The third-order valence-corrected chi connectivity index (χ3v) is 3.86. The summed E-state index contributed by atoms with van der Waals surface area (Å²) in [6, 6.07) is 0. The molecule has 0 radical (unpaired) electrons. The molecule has 1 amide bonds. The Balaban J connectivity index is 4.75. The number of hydrogen-bond acceptors (Lipinski definition) is 4. The minimum absolute atomic E-state index is 0.0929. The number of carboxylic acids is 1. The smallest absolute Gasteiger partial charge is 0.310 e. The molecule has 0 aliphatic carbocycles. The van der Waals surface area contributed by atoms with E-state index in [1.165, 1.54) is 12.0 Å². The zero-order valence-electron chi connectivity index (χ0n) is 13.1. The van der Waals surface area contributed by atoms with Gasteiger partial charge in [0.05, 0.1) is 18.4 Å². The number of carboxylic acid groups (broad SMARTS) is 1. The first kappa shape index (κ1) is 18.4. The number of esters is 1. The number of ether oxygens (including phenoxy) is 1. The Labute approximate surface area is 120 Å². The van der Waals surface area contributed by atoms with Gasteiger partial charge in [0.25, 0.3) is 0 Å². The van der Waals surface area contributed by atoms with Crippen LogP contribution >= 0.6 is 0 Å². The van der Waals surface area contributed by atoms with Gasteiger partial charge in [0.15, 0.2) is 0 Å². The summed E-state index contributed by atoms with van der Waals surface area (Å²) in [6.45, 7) is 6.99. The van der Waals surface area contributed by atoms with Crippen LogP contribution in [0.1, 0.15) is 34.1 Å². The highest BCUT2D eigenvalue weighted by atomic mass is 16.5.